The molecule has 9 aromatic carbocycles. The van der Waals surface area contributed by atoms with Gasteiger partial charge in [-0.1, -0.05) is 115 Å². The summed E-state index contributed by atoms with van der Waals surface area (Å²) < 4.78 is 224. The maximum atomic E-state index is 13.1. The first kappa shape index (κ1) is 78.9. The third-order valence-electron chi connectivity index (χ3n) is 13.1. The van der Waals surface area contributed by atoms with Crippen LogP contribution < -0.4 is 5.26 Å². The van der Waals surface area contributed by atoms with Crippen LogP contribution >= 0.6 is 20.9 Å². The number of aromatic hydroxyl groups is 2. The zero-order chi connectivity index (χ0) is 73.5. The van der Waals surface area contributed by atoms with Crippen molar-refractivity contribution in [3.8, 4) is 21.3 Å². The molecule has 0 bridgehead atoms. The molecule has 2 heterocycles. The Morgan fingerprint density at radius 3 is 0.899 bits per heavy atom. The van der Waals surface area contributed by atoms with E-state index in [-0.39, 0.29) is 32.4 Å². The van der Waals surface area contributed by atoms with E-state index in [0.29, 0.717) is 6.26 Å². The highest BCUT2D eigenvalue weighted by Crippen LogP contribution is 2.50. The molecular formula is C67H57F10NO16S5. The number of esters is 2. The Kier molecular flexibility index (Phi) is 26.1. The highest BCUT2D eigenvalue weighted by molar-refractivity contribution is 7.87. The molecular weight excluding hydrogens is 1430 g/mol. The van der Waals surface area contributed by atoms with E-state index in [1.165, 1.54) is 55.7 Å². The van der Waals surface area contributed by atoms with Crippen LogP contribution in [-0.2, 0) is 50.7 Å². The van der Waals surface area contributed by atoms with Crippen molar-refractivity contribution >= 4 is 104 Å². The summed E-state index contributed by atoms with van der Waals surface area (Å²) >= 11 is 0. The Morgan fingerprint density at radius 2 is 0.667 bits per heavy atom. The average molecular weight is 1480 g/mol. The number of ether oxygens (including phenoxy) is 2. The van der Waals surface area contributed by atoms with Gasteiger partial charge in [-0.15, -0.1) is 0 Å². The molecule has 11 rings (SSSR count). The van der Waals surface area contributed by atoms with Gasteiger partial charge in [-0.2, -0.15) is 43.9 Å². The summed E-state index contributed by atoms with van der Waals surface area (Å²) in [6, 6.07) is 73.7. The standard InChI is InChI=1S/2C18H13S.2C10H7F5O6S.C10H16N.CH4O4S/c2*1-2-8-14(9-3-1)19-17-12-6-4-10-15(17)16-11-5-7-13-18(16)19;2*11-9(12,13)8(10(14,15)22(18,19)20)21-7(17)5-1-3-6(16)4-2-5;1-11(2,3)9-10-7-5-4-6-8-10;1-6(3,4)5-2/h2*1-13H;2*1-4,8,16H,(H,18,19,20);4-8H,9H2,1-3H3;2H,1H3/q2*+1;;;+1;/p-3. The first-order chi connectivity index (χ1) is 46.1. The van der Waals surface area contributed by atoms with Crippen molar-refractivity contribution < 1.29 is 122 Å². The third-order valence-corrected chi connectivity index (χ3v) is 19.8. The van der Waals surface area contributed by atoms with Gasteiger partial charge in [0.2, 0.25) is 0 Å². The largest absolute Gasteiger partial charge is 0.743 e. The number of quaternary nitrogens is 1. The number of carbonyl (C=O) groups is 2. The first-order valence-corrected chi connectivity index (χ1v) is 35.3. The predicted molar refractivity (Wildman–Crippen MR) is 351 cm³/mol. The predicted octanol–water partition coefficient (Wildman–Crippen LogP) is 14.8. The molecule has 0 saturated heterocycles. The summed E-state index contributed by atoms with van der Waals surface area (Å²) in [7, 11) is -10.5. The van der Waals surface area contributed by atoms with Crippen LogP contribution in [0.3, 0.4) is 0 Å². The Labute approximate surface area is 565 Å². The lowest BCUT2D eigenvalue weighted by Gasteiger charge is -2.29. The van der Waals surface area contributed by atoms with E-state index >= 15 is 0 Å². The molecule has 0 aliphatic rings. The molecule has 2 N–H and O–H groups in total. The van der Waals surface area contributed by atoms with Gasteiger partial charge in [0, 0.05) is 48.0 Å². The minimum absolute atomic E-state index is 0.0594. The minimum atomic E-state index is -6.74. The molecule has 0 amide bonds. The molecule has 0 aliphatic carbocycles. The SMILES string of the molecule is CS(=O)(=O)O[O-].C[N+](C)(C)Cc1ccccc1.O=C(OC(C(F)(F)F)C(F)(F)S(=O)(=O)[O-])c1ccc(O)cc1.O=C(OC(C(F)(F)F)C(F)(F)S(=O)(=O)[O-])c1ccc(O)cc1.c1ccc(-[s+]2c3ccccc3c3ccccc32)cc1.c1ccc(-[s+]2c3ccccc3c3ccccc32)cc1. The zero-order valence-electron chi connectivity index (χ0n) is 51.8. The molecule has 11 aromatic rings. The Hall–Kier alpha value is -9.09. The fourth-order valence-corrected chi connectivity index (χ4v) is 14.6. The second-order valence-corrected chi connectivity index (χ2v) is 30.1. The zero-order valence-corrected chi connectivity index (χ0v) is 55.8. The number of carbonyl (C=O) groups excluding carboxylic acids is 2. The van der Waals surface area contributed by atoms with Gasteiger partial charge in [0.25, 0.3) is 22.3 Å². The lowest BCUT2D eigenvalue weighted by atomic mass is 10.2. The van der Waals surface area contributed by atoms with Crippen molar-refractivity contribution in [1.82, 2.24) is 0 Å². The maximum Gasteiger partial charge on any atom is 0.432 e. The monoisotopic (exact) mass is 1480 g/mol. The molecule has 526 valence electrons. The fraction of sp³-hybridized carbons (Fsp3) is 0.164. The maximum absolute atomic E-state index is 13.1. The van der Waals surface area contributed by atoms with Crippen LogP contribution in [0, 0.1) is 0 Å². The van der Waals surface area contributed by atoms with Crippen LogP contribution in [-0.4, -0.2) is 123 Å². The summed E-state index contributed by atoms with van der Waals surface area (Å²) in [5.41, 5.74) is 0.0530. The third kappa shape index (κ3) is 21.5. The number of phenols is 2. The van der Waals surface area contributed by atoms with E-state index in [2.05, 4.69) is 223 Å². The van der Waals surface area contributed by atoms with E-state index in [1.807, 2.05) is 0 Å². The molecule has 0 aliphatic heterocycles. The highest BCUT2D eigenvalue weighted by atomic mass is 32.2. The van der Waals surface area contributed by atoms with Crippen molar-refractivity contribution in [2.75, 3.05) is 27.4 Å². The van der Waals surface area contributed by atoms with Crippen molar-refractivity contribution in [2.45, 2.75) is 41.6 Å². The number of halogens is 10. The van der Waals surface area contributed by atoms with Crippen LogP contribution in [0.1, 0.15) is 26.3 Å². The Morgan fingerprint density at radius 1 is 0.424 bits per heavy atom. The van der Waals surface area contributed by atoms with Gasteiger partial charge in [0.05, 0.1) is 38.5 Å². The number of phenolic OH excluding ortho intramolecular Hbond substituents is 2. The van der Waals surface area contributed by atoms with Gasteiger partial charge in [-0.05, 0) is 121 Å². The van der Waals surface area contributed by atoms with E-state index < -0.39 is 88.5 Å². The van der Waals surface area contributed by atoms with Gasteiger partial charge in [0.1, 0.15) is 18.0 Å². The van der Waals surface area contributed by atoms with Crippen LogP contribution in [0.25, 0.3) is 50.1 Å². The molecule has 0 radical (unpaired) electrons. The highest BCUT2D eigenvalue weighted by Gasteiger charge is 2.64. The number of alkyl halides is 10. The fourth-order valence-electron chi connectivity index (χ4n) is 8.92. The summed E-state index contributed by atoms with van der Waals surface area (Å²) in [6.07, 6.45) is -20.3. The number of nitrogens with zero attached hydrogens (tertiary/aromatic N) is 1. The Bertz CT molecular complexity index is 4500. The van der Waals surface area contributed by atoms with Gasteiger partial charge in [0.15, 0.2) is 48.8 Å². The van der Waals surface area contributed by atoms with Gasteiger partial charge < -0.3 is 42.9 Å². The first-order valence-electron chi connectivity index (χ1n) is 28.2. The van der Waals surface area contributed by atoms with Crippen LogP contribution in [0.15, 0.2) is 237 Å². The topological polar surface area (TPSA) is 274 Å². The molecule has 2 unspecified atom stereocenters. The number of hydrogen-bond donors (Lipinski definition) is 2. The van der Waals surface area contributed by atoms with Crippen LogP contribution in [0.2, 0.25) is 0 Å². The second-order valence-electron chi connectivity index (χ2n) is 21.7. The average Bonchev–Trinajstić information content (AvgIpc) is 1.64. The summed E-state index contributed by atoms with van der Waals surface area (Å²) in [4.78, 5) is 25.5. The quantitative estimate of drug-likeness (QED) is 0.0206. The number of rotatable bonds is 13. The number of thiophene rings is 2. The Balaban J connectivity index is 0.000000193. The minimum Gasteiger partial charge on any atom is -0.743 e. The molecule has 32 heteroatoms. The van der Waals surface area contributed by atoms with Crippen molar-refractivity contribution in [3.05, 3.63) is 253 Å². The number of fused-ring (bicyclic) bond motifs is 6. The van der Waals surface area contributed by atoms with Crippen LogP contribution in [0.5, 0.6) is 11.5 Å². The molecule has 2 aromatic heterocycles. The molecule has 0 saturated carbocycles. The van der Waals surface area contributed by atoms with Gasteiger partial charge in [-0.3, -0.25) is 0 Å². The van der Waals surface area contributed by atoms with Gasteiger partial charge >= 0.3 is 34.8 Å². The van der Waals surface area contributed by atoms with E-state index in [0.717, 1.165) is 59.6 Å². The van der Waals surface area contributed by atoms with Crippen LogP contribution in [0.4, 0.5) is 43.9 Å². The molecule has 99 heavy (non-hydrogen) atoms. The lowest BCUT2D eigenvalue weighted by molar-refractivity contribution is -0.884. The summed E-state index contributed by atoms with van der Waals surface area (Å²) in [6.45, 7) is 1.10. The molecule has 0 spiro atoms. The van der Waals surface area contributed by atoms with E-state index in [1.54, 1.807) is 0 Å². The van der Waals surface area contributed by atoms with Crippen molar-refractivity contribution in [2.24, 2.45) is 0 Å². The molecule has 0 fully saturated rings. The van der Waals surface area contributed by atoms with Gasteiger partial charge in [-0.25, -0.2) is 34.8 Å². The van der Waals surface area contributed by atoms with E-state index in [9.17, 15) is 87.9 Å². The summed E-state index contributed by atoms with van der Waals surface area (Å²) in [5, 5.41) is 20.5. The normalized spacial score (nSPS) is 12.7. The summed E-state index contributed by atoms with van der Waals surface area (Å²) in [5.74, 6) is -4.66. The molecule has 17 nitrogen and oxygen atoms in total. The number of benzene rings is 9. The van der Waals surface area contributed by atoms with Crippen molar-refractivity contribution in [3.63, 3.8) is 0 Å². The van der Waals surface area contributed by atoms with Crippen molar-refractivity contribution in [1.29, 1.82) is 0 Å². The lowest BCUT2D eigenvalue weighted by Crippen LogP contribution is -2.52. The smallest absolute Gasteiger partial charge is 0.432 e. The number of hydrogen-bond acceptors (Lipinski definition) is 16. The second kappa shape index (κ2) is 32.7. The molecule has 2 atom stereocenters. The van der Waals surface area contributed by atoms with E-state index in [4.69, 9.17) is 15.5 Å².